The van der Waals surface area contributed by atoms with Crippen molar-refractivity contribution in [3.05, 3.63) is 0 Å². The smallest absolute Gasteiger partial charge is 0.325 e. The highest BCUT2D eigenvalue weighted by Gasteiger charge is 2.27. The van der Waals surface area contributed by atoms with E-state index in [-0.39, 0.29) is 23.3 Å². The minimum Gasteiger partial charge on any atom is -0.480 e. The third-order valence-corrected chi connectivity index (χ3v) is 3.43. The fraction of sp³-hybridized carbons (Fsp3) is 0.889. The van der Waals surface area contributed by atoms with Gasteiger partial charge in [0.1, 0.15) is 6.04 Å². The van der Waals surface area contributed by atoms with E-state index in [0.29, 0.717) is 19.6 Å². The molecule has 0 aromatic carbocycles. The lowest BCUT2D eigenvalue weighted by Gasteiger charge is -2.32. The molecule has 0 bridgehead atoms. The van der Waals surface area contributed by atoms with E-state index >= 15 is 0 Å². The summed E-state index contributed by atoms with van der Waals surface area (Å²) in [4.78, 5) is 22.6. The van der Waals surface area contributed by atoms with Crippen LogP contribution in [0.15, 0.2) is 0 Å². The van der Waals surface area contributed by atoms with Crippen LogP contribution in [0.3, 0.4) is 0 Å². The molecule has 0 radical (unpaired) electrons. The zero-order chi connectivity index (χ0) is 19.2. The van der Waals surface area contributed by atoms with E-state index in [1.807, 2.05) is 27.7 Å². The van der Waals surface area contributed by atoms with Gasteiger partial charge in [0.15, 0.2) is 0 Å². The highest BCUT2D eigenvalue weighted by atomic mass is 16.5. The van der Waals surface area contributed by atoms with Gasteiger partial charge < -0.3 is 19.9 Å². The summed E-state index contributed by atoms with van der Waals surface area (Å²) in [5, 5.41) is 11.2. The number of carbonyl (C=O) groups is 2. The number of aliphatic carboxylic acids is 1. The minimum absolute atomic E-state index is 0.105. The molecule has 6 nitrogen and oxygen atoms in total. The van der Waals surface area contributed by atoms with Crippen LogP contribution in [0.4, 0.5) is 0 Å². The second-order valence-corrected chi connectivity index (χ2v) is 8.77. The first kappa shape index (κ1) is 22.9. The van der Waals surface area contributed by atoms with Crippen molar-refractivity contribution in [3.8, 4) is 0 Å². The molecule has 24 heavy (non-hydrogen) atoms. The van der Waals surface area contributed by atoms with E-state index in [4.69, 9.17) is 14.6 Å². The molecule has 0 aromatic heterocycles. The highest BCUT2D eigenvalue weighted by molar-refractivity contribution is 5.83. The van der Waals surface area contributed by atoms with Crippen molar-refractivity contribution in [3.63, 3.8) is 0 Å². The van der Waals surface area contributed by atoms with Crippen LogP contribution < -0.4 is 5.32 Å². The second-order valence-electron chi connectivity index (χ2n) is 8.77. The summed E-state index contributed by atoms with van der Waals surface area (Å²) in [6.45, 7) is 16.6. The van der Waals surface area contributed by atoms with Crippen molar-refractivity contribution >= 4 is 11.9 Å². The molecular formula is C18H35NO5. The lowest BCUT2D eigenvalue weighted by molar-refractivity contribution is -0.142. The number of carboxylic acid groups (broad SMARTS) is 1. The molecule has 0 aromatic rings. The lowest BCUT2D eigenvalue weighted by atomic mass is 9.97. The van der Waals surface area contributed by atoms with Gasteiger partial charge in [0, 0.05) is 0 Å². The van der Waals surface area contributed by atoms with E-state index in [2.05, 4.69) is 26.1 Å². The van der Waals surface area contributed by atoms with Crippen molar-refractivity contribution in [1.82, 2.24) is 5.32 Å². The number of hydrogen-bond donors (Lipinski definition) is 2. The molecule has 0 fully saturated rings. The number of rotatable bonds is 10. The van der Waals surface area contributed by atoms with Gasteiger partial charge in [-0.25, -0.2) is 0 Å². The van der Waals surface area contributed by atoms with E-state index in [1.165, 1.54) is 6.92 Å². The fourth-order valence-electron chi connectivity index (χ4n) is 1.85. The zero-order valence-electron chi connectivity index (χ0n) is 16.5. The quantitative estimate of drug-likeness (QED) is 0.636. The van der Waals surface area contributed by atoms with Crippen LogP contribution in [-0.4, -0.2) is 47.4 Å². The van der Waals surface area contributed by atoms with Crippen LogP contribution >= 0.6 is 0 Å². The van der Waals surface area contributed by atoms with Gasteiger partial charge in [0.25, 0.3) is 0 Å². The molecule has 0 unspecified atom stereocenters. The Morgan fingerprint density at radius 1 is 1.00 bits per heavy atom. The van der Waals surface area contributed by atoms with Gasteiger partial charge in [-0.3, -0.25) is 9.59 Å². The van der Waals surface area contributed by atoms with Crippen LogP contribution in [0.1, 0.15) is 68.2 Å². The maximum Gasteiger partial charge on any atom is 0.325 e. The van der Waals surface area contributed by atoms with Gasteiger partial charge >= 0.3 is 5.97 Å². The Kier molecular flexibility index (Phi) is 8.39. The van der Waals surface area contributed by atoms with Gasteiger partial charge in [0.05, 0.1) is 30.8 Å². The third kappa shape index (κ3) is 11.4. The molecule has 0 rings (SSSR count). The average molecular weight is 345 g/mol. The molecule has 0 aliphatic heterocycles. The normalized spacial score (nSPS) is 14.3. The summed E-state index contributed by atoms with van der Waals surface area (Å²) < 4.78 is 11.8. The fourth-order valence-corrected chi connectivity index (χ4v) is 1.85. The summed E-state index contributed by atoms with van der Waals surface area (Å²) in [5.41, 5.74) is -0.859. The molecule has 0 saturated heterocycles. The predicted molar refractivity (Wildman–Crippen MR) is 94.0 cm³/mol. The first-order valence-corrected chi connectivity index (χ1v) is 8.44. The predicted octanol–water partition coefficient (Wildman–Crippen LogP) is 2.99. The SMILES string of the molecule is C[C@H](NC(=O)CC(C)(C)OCCC(C)(C)OCC(C)(C)C)C(=O)O. The highest BCUT2D eigenvalue weighted by Crippen LogP contribution is 2.23. The molecule has 0 saturated carbocycles. The van der Waals surface area contributed by atoms with Crippen molar-refractivity contribution in [2.24, 2.45) is 5.41 Å². The molecule has 142 valence electrons. The summed E-state index contributed by atoms with van der Waals surface area (Å²) in [5.74, 6) is -1.39. The maximum atomic E-state index is 11.9. The summed E-state index contributed by atoms with van der Waals surface area (Å²) in [7, 11) is 0. The van der Waals surface area contributed by atoms with Gasteiger partial charge in [0.2, 0.25) is 5.91 Å². The van der Waals surface area contributed by atoms with Crippen LogP contribution in [0, 0.1) is 5.41 Å². The number of carboxylic acids is 1. The molecule has 0 spiro atoms. The molecule has 0 aliphatic rings. The maximum absolute atomic E-state index is 11.9. The number of amides is 1. The zero-order valence-corrected chi connectivity index (χ0v) is 16.5. The van der Waals surface area contributed by atoms with E-state index < -0.39 is 17.6 Å². The van der Waals surface area contributed by atoms with Crippen LogP contribution in [-0.2, 0) is 19.1 Å². The first-order chi connectivity index (χ1) is 10.6. The Bertz CT molecular complexity index is 424. The Balaban J connectivity index is 4.27. The van der Waals surface area contributed by atoms with E-state index in [9.17, 15) is 9.59 Å². The number of hydrogen-bond acceptors (Lipinski definition) is 4. The summed E-state index contributed by atoms with van der Waals surface area (Å²) >= 11 is 0. The largest absolute Gasteiger partial charge is 0.480 e. The Hall–Kier alpha value is -1.14. The standard InChI is InChI=1S/C18H35NO5/c1-13(15(21)22)19-14(20)11-18(7,8)23-10-9-17(5,6)24-12-16(2,3)4/h13H,9-12H2,1-8H3,(H,19,20)(H,21,22)/t13-/m0/s1. The van der Waals surface area contributed by atoms with Gasteiger partial charge in [-0.1, -0.05) is 20.8 Å². The Labute approximate surface area is 146 Å². The van der Waals surface area contributed by atoms with Crippen molar-refractivity contribution in [2.45, 2.75) is 85.5 Å². The number of nitrogens with one attached hydrogen (secondary N) is 1. The van der Waals surface area contributed by atoms with Crippen molar-refractivity contribution in [1.29, 1.82) is 0 Å². The van der Waals surface area contributed by atoms with Gasteiger partial charge in [-0.15, -0.1) is 0 Å². The van der Waals surface area contributed by atoms with Crippen molar-refractivity contribution in [2.75, 3.05) is 13.2 Å². The molecule has 2 N–H and O–H groups in total. The number of ether oxygens (including phenoxy) is 2. The van der Waals surface area contributed by atoms with Gasteiger partial charge in [-0.2, -0.15) is 0 Å². The van der Waals surface area contributed by atoms with Crippen LogP contribution in [0.2, 0.25) is 0 Å². The third-order valence-electron chi connectivity index (χ3n) is 3.43. The average Bonchev–Trinajstić information content (AvgIpc) is 2.34. The van der Waals surface area contributed by atoms with Crippen molar-refractivity contribution < 1.29 is 24.2 Å². The summed E-state index contributed by atoms with van der Waals surface area (Å²) in [6, 6.07) is -0.905. The molecule has 6 heteroatoms. The first-order valence-electron chi connectivity index (χ1n) is 8.44. The van der Waals surface area contributed by atoms with Crippen LogP contribution in [0.25, 0.3) is 0 Å². The minimum atomic E-state index is -1.06. The Morgan fingerprint density at radius 3 is 2.00 bits per heavy atom. The van der Waals surface area contributed by atoms with Crippen LogP contribution in [0.5, 0.6) is 0 Å². The molecule has 1 amide bonds. The van der Waals surface area contributed by atoms with E-state index in [0.717, 1.165) is 0 Å². The molecule has 1 atom stereocenters. The monoisotopic (exact) mass is 345 g/mol. The Morgan fingerprint density at radius 2 is 1.54 bits per heavy atom. The summed E-state index contributed by atoms with van der Waals surface area (Å²) in [6.07, 6.45) is 0.813. The molecular weight excluding hydrogens is 310 g/mol. The topological polar surface area (TPSA) is 84.9 Å². The lowest BCUT2D eigenvalue weighted by Crippen LogP contribution is -2.42. The van der Waals surface area contributed by atoms with Gasteiger partial charge in [-0.05, 0) is 46.5 Å². The second kappa shape index (κ2) is 8.81. The van der Waals surface area contributed by atoms with E-state index in [1.54, 1.807) is 0 Å². The molecule has 0 aliphatic carbocycles. The number of carbonyl (C=O) groups excluding carboxylic acids is 1. The molecule has 0 heterocycles.